The first kappa shape index (κ1) is 12.1. The van der Waals surface area contributed by atoms with Gasteiger partial charge in [0.25, 0.3) is 0 Å². The number of hydrogen-bond acceptors (Lipinski definition) is 3. The van der Waals surface area contributed by atoms with Crippen molar-refractivity contribution in [3.05, 3.63) is 29.3 Å². The number of Topliss-reactive ketones (excluding diaryl/α,β-unsaturated/α-hetero) is 1. The molecule has 1 aromatic carbocycles. The predicted molar refractivity (Wildman–Crippen MR) is 65.1 cm³/mol. The molecule has 0 bridgehead atoms. The average Bonchev–Trinajstić information content (AvgIpc) is 2.26. The van der Waals surface area contributed by atoms with Gasteiger partial charge in [-0.3, -0.25) is 4.79 Å². The largest absolute Gasteiger partial charge is 0.496 e. The fourth-order valence-corrected chi connectivity index (χ4v) is 1.72. The number of thioether (sulfide) groups is 1. The number of carbonyl (C=O) groups excluding carboxylic acids is 1. The van der Waals surface area contributed by atoms with E-state index >= 15 is 0 Å². The maximum absolute atomic E-state index is 11.7. The Hall–Kier alpha value is -0.960. The van der Waals surface area contributed by atoms with Gasteiger partial charge in [0, 0.05) is 17.7 Å². The Morgan fingerprint density at radius 3 is 2.80 bits per heavy atom. The van der Waals surface area contributed by atoms with Crippen molar-refractivity contribution in [3.8, 4) is 5.75 Å². The lowest BCUT2D eigenvalue weighted by Gasteiger charge is -2.06. The van der Waals surface area contributed by atoms with E-state index in [2.05, 4.69) is 0 Å². The van der Waals surface area contributed by atoms with Crippen molar-refractivity contribution in [2.24, 2.45) is 0 Å². The number of ether oxygens (including phenoxy) is 1. The first-order chi connectivity index (χ1) is 7.19. The highest BCUT2D eigenvalue weighted by Crippen LogP contribution is 2.20. The third-order valence-corrected chi connectivity index (χ3v) is 2.88. The summed E-state index contributed by atoms with van der Waals surface area (Å²) in [4.78, 5) is 11.7. The molecule has 1 rings (SSSR count). The van der Waals surface area contributed by atoms with Gasteiger partial charge in [0.15, 0.2) is 5.78 Å². The van der Waals surface area contributed by atoms with E-state index in [4.69, 9.17) is 4.74 Å². The van der Waals surface area contributed by atoms with Crippen LogP contribution in [0, 0.1) is 6.92 Å². The molecule has 0 aliphatic carbocycles. The van der Waals surface area contributed by atoms with Gasteiger partial charge in [-0.2, -0.15) is 11.8 Å². The lowest BCUT2D eigenvalue weighted by Crippen LogP contribution is -2.01. The van der Waals surface area contributed by atoms with E-state index in [-0.39, 0.29) is 5.78 Å². The SMILES string of the molecule is COc1cc(C(=O)CCSC)ccc1C. The zero-order chi connectivity index (χ0) is 11.3. The summed E-state index contributed by atoms with van der Waals surface area (Å²) >= 11 is 1.69. The zero-order valence-electron chi connectivity index (χ0n) is 9.37. The highest BCUT2D eigenvalue weighted by atomic mass is 32.2. The summed E-state index contributed by atoms with van der Waals surface area (Å²) in [5.74, 6) is 1.84. The van der Waals surface area contributed by atoms with Gasteiger partial charge in [0.1, 0.15) is 5.75 Å². The van der Waals surface area contributed by atoms with Crippen LogP contribution in [0.2, 0.25) is 0 Å². The number of carbonyl (C=O) groups is 1. The predicted octanol–water partition coefficient (Wildman–Crippen LogP) is 2.94. The molecule has 0 aromatic heterocycles. The lowest BCUT2D eigenvalue weighted by molar-refractivity contribution is 0.0989. The molecule has 0 saturated carbocycles. The minimum Gasteiger partial charge on any atom is -0.496 e. The van der Waals surface area contributed by atoms with Gasteiger partial charge in [0.05, 0.1) is 7.11 Å². The minimum atomic E-state index is 0.183. The molecule has 1 aromatic rings. The molecular weight excluding hydrogens is 208 g/mol. The van der Waals surface area contributed by atoms with Crippen LogP contribution in [0.1, 0.15) is 22.3 Å². The van der Waals surface area contributed by atoms with E-state index in [0.29, 0.717) is 6.42 Å². The van der Waals surface area contributed by atoms with Crippen LogP contribution in [0.3, 0.4) is 0 Å². The van der Waals surface area contributed by atoms with Crippen molar-refractivity contribution in [3.63, 3.8) is 0 Å². The van der Waals surface area contributed by atoms with E-state index in [1.54, 1.807) is 18.9 Å². The molecule has 0 spiro atoms. The zero-order valence-corrected chi connectivity index (χ0v) is 10.2. The normalized spacial score (nSPS) is 10.1. The second-order valence-electron chi connectivity index (χ2n) is 3.35. The quantitative estimate of drug-likeness (QED) is 0.719. The maximum atomic E-state index is 11.7. The third kappa shape index (κ3) is 3.27. The van der Waals surface area contributed by atoms with Crippen LogP contribution in [-0.4, -0.2) is 24.9 Å². The first-order valence-electron chi connectivity index (χ1n) is 4.86. The van der Waals surface area contributed by atoms with Gasteiger partial charge in [-0.05, 0) is 24.8 Å². The number of aryl methyl sites for hydroxylation is 1. The molecule has 2 nitrogen and oxygen atoms in total. The molecule has 0 atom stereocenters. The Morgan fingerprint density at radius 2 is 2.20 bits per heavy atom. The van der Waals surface area contributed by atoms with Gasteiger partial charge >= 0.3 is 0 Å². The standard InChI is InChI=1S/C12H16O2S/c1-9-4-5-10(8-12(9)14-2)11(13)6-7-15-3/h4-5,8H,6-7H2,1-3H3. The summed E-state index contributed by atoms with van der Waals surface area (Å²) in [6.45, 7) is 1.97. The molecular formula is C12H16O2S. The molecule has 0 N–H and O–H groups in total. The second-order valence-corrected chi connectivity index (χ2v) is 4.34. The third-order valence-electron chi connectivity index (χ3n) is 2.26. The van der Waals surface area contributed by atoms with Gasteiger partial charge in [-0.15, -0.1) is 0 Å². The molecule has 0 aliphatic rings. The minimum absolute atomic E-state index is 0.183. The van der Waals surface area contributed by atoms with Gasteiger partial charge in [0.2, 0.25) is 0 Å². The Morgan fingerprint density at radius 1 is 1.47 bits per heavy atom. The number of benzene rings is 1. The first-order valence-corrected chi connectivity index (χ1v) is 6.25. The van der Waals surface area contributed by atoms with Crippen LogP contribution >= 0.6 is 11.8 Å². The molecule has 0 aliphatic heterocycles. The van der Waals surface area contributed by atoms with Crippen molar-refractivity contribution < 1.29 is 9.53 Å². The highest BCUT2D eigenvalue weighted by molar-refractivity contribution is 7.98. The molecule has 15 heavy (non-hydrogen) atoms. The van der Waals surface area contributed by atoms with Crippen LogP contribution in [0.5, 0.6) is 5.75 Å². The van der Waals surface area contributed by atoms with Gasteiger partial charge in [-0.25, -0.2) is 0 Å². The molecule has 0 heterocycles. The van der Waals surface area contributed by atoms with Crippen LogP contribution in [-0.2, 0) is 0 Å². The number of rotatable bonds is 5. The van der Waals surface area contributed by atoms with E-state index in [0.717, 1.165) is 22.6 Å². The molecule has 0 saturated heterocycles. The Balaban J connectivity index is 2.81. The summed E-state index contributed by atoms with van der Waals surface area (Å²) in [6.07, 6.45) is 2.59. The van der Waals surface area contributed by atoms with E-state index in [9.17, 15) is 4.79 Å². The van der Waals surface area contributed by atoms with E-state index < -0.39 is 0 Å². The molecule has 0 unspecified atom stereocenters. The van der Waals surface area contributed by atoms with Crippen molar-refractivity contribution in [1.82, 2.24) is 0 Å². The van der Waals surface area contributed by atoms with Crippen molar-refractivity contribution in [1.29, 1.82) is 0 Å². The highest BCUT2D eigenvalue weighted by Gasteiger charge is 2.07. The van der Waals surface area contributed by atoms with Crippen LogP contribution in [0.4, 0.5) is 0 Å². The topological polar surface area (TPSA) is 26.3 Å². The van der Waals surface area contributed by atoms with Crippen molar-refractivity contribution in [2.75, 3.05) is 19.1 Å². The fourth-order valence-electron chi connectivity index (χ4n) is 1.33. The number of methoxy groups -OCH3 is 1. The Bertz CT molecular complexity index is 347. The lowest BCUT2D eigenvalue weighted by atomic mass is 10.1. The molecule has 3 heteroatoms. The van der Waals surface area contributed by atoms with Crippen molar-refractivity contribution >= 4 is 17.5 Å². The number of ketones is 1. The van der Waals surface area contributed by atoms with Gasteiger partial charge in [-0.1, -0.05) is 12.1 Å². The monoisotopic (exact) mass is 224 g/mol. The molecule has 0 amide bonds. The smallest absolute Gasteiger partial charge is 0.163 e. The average molecular weight is 224 g/mol. The van der Waals surface area contributed by atoms with Crippen LogP contribution in [0.15, 0.2) is 18.2 Å². The summed E-state index contributed by atoms with van der Waals surface area (Å²) in [5, 5.41) is 0. The summed E-state index contributed by atoms with van der Waals surface area (Å²) < 4.78 is 5.18. The Kier molecular flexibility index (Phi) is 4.69. The Labute approximate surface area is 95.0 Å². The second kappa shape index (κ2) is 5.81. The van der Waals surface area contributed by atoms with E-state index in [1.807, 2.05) is 31.4 Å². The van der Waals surface area contributed by atoms with Crippen molar-refractivity contribution in [2.45, 2.75) is 13.3 Å². The molecule has 0 radical (unpaired) electrons. The van der Waals surface area contributed by atoms with E-state index in [1.165, 1.54) is 0 Å². The summed E-state index contributed by atoms with van der Waals surface area (Å²) in [7, 11) is 1.62. The summed E-state index contributed by atoms with van der Waals surface area (Å²) in [6, 6.07) is 5.60. The fraction of sp³-hybridized carbons (Fsp3) is 0.417. The number of hydrogen-bond donors (Lipinski definition) is 0. The maximum Gasteiger partial charge on any atom is 0.163 e. The molecule has 82 valence electrons. The molecule has 0 fully saturated rings. The van der Waals surface area contributed by atoms with Crippen LogP contribution < -0.4 is 4.74 Å². The summed E-state index contributed by atoms with van der Waals surface area (Å²) in [5.41, 5.74) is 1.80. The van der Waals surface area contributed by atoms with Crippen LogP contribution in [0.25, 0.3) is 0 Å². The van der Waals surface area contributed by atoms with Gasteiger partial charge < -0.3 is 4.74 Å².